The highest BCUT2D eigenvalue weighted by Gasteiger charge is 2.22. The van der Waals surface area contributed by atoms with Crippen LogP contribution in [-0.4, -0.2) is 72.5 Å². The first-order chi connectivity index (χ1) is 13.3. The molecule has 8 nitrogen and oxygen atoms in total. The number of guanidine groups is 1. The van der Waals surface area contributed by atoms with E-state index in [1.165, 1.54) is 32.1 Å². The van der Waals surface area contributed by atoms with E-state index in [2.05, 4.69) is 30.5 Å². The molecule has 3 rings (SSSR count). The van der Waals surface area contributed by atoms with Crippen LogP contribution in [0.15, 0.2) is 23.5 Å². The van der Waals surface area contributed by atoms with Gasteiger partial charge in [-0.25, -0.2) is 9.97 Å². The molecule has 0 radical (unpaired) electrons. The summed E-state index contributed by atoms with van der Waals surface area (Å²) in [5.74, 6) is 1.73. The molecule has 0 spiro atoms. The minimum Gasteiger partial charge on any atom is -0.356 e. The van der Waals surface area contributed by atoms with Crippen molar-refractivity contribution in [2.24, 2.45) is 4.99 Å². The maximum absolute atomic E-state index is 12.5. The maximum Gasteiger partial charge on any atom is 0.225 e. The van der Waals surface area contributed by atoms with Crippen molar-refractivity contribution in [2.45, 2.75) is 44.6 Å². The van der Waals surface area contributed by atoms with E-state index in [-0.39, 0.29) is 5.91 Å². The van der Waals surface area contributed by atoms with Crippen molar-refractivity contribution in [3.8, 4) is 0 Å². The van der Waals surface area contributed by atoms with Crippen molar-refractivity contribution >= 4 is 17.8 Å². The first kappa shape index (κ1) is 19.4. The predicted octanol–water partition coefficient (Wildman–Crippen LogP) is 1.01. The van der Waals surface area contributed by atoms with E-state index >= 15 is 0 Å². The fourth-order valence-electron chi connectivity index (χ4n) is 3.69. The van der Waals surface area contributed by atoms with Gasteiger partial charge in [0.2, 0.25) is 11.9 Å². The molecule has 1 aromatic rings. The Morgan fingerprint density at radius 1 is 1.15 bits per heavy atom. The van der Waals surface area contributed by atoms with Crippen LogP contribution in [0.4, 0.5) is 5.95 Å². The summed E-state index contributed by atoms with van der Waals surface area (Å²) in [5, 5.41) is 6.76. The number of piperazine rings is 1. The molecular formula is C19H31N7O. The van der Waals surface area contributed by atoms with E-state index in [4.69, 9.17) is 0 Å². The molecule has 0 atom stereocenters. The molecule has 0 bridgehead atoms. The van der Waals surface area contributed by atoms with Gasteiger partial charge >= 0.3 is 0 Å². The van der Waals surface area contributed by atoms with Crippen LogP contribution in [0.1, 0.15) is 38.5 Å². The standard InChI is InChI=1S/C19H31N7O/c1-20-18(24-16-6-3-2-4-7-16)21-11-8-17(27)25-12-14-26(15-13-25)19-22-9-5-10-23-19/h5,9-10,16H,2-4,6-8,11-15H2,1H3,(H2,20,21,24). The molecule has 1 saturated carbocycles. The van der Waals surface area contributed by atoms with Crippen LogP contribution in [0.25, 0.3) is 0 Å². The van der Waals surface area contributed by atoms with Crippen LogP contribution in [0.5, 0.6) is 0 Å². The lowest BCUT2D eigenvalue weighted by Gasteiger charge is -2.34. The Hall–Kier alpha value is -2.38. The number of nitrogens with one attached hydrogen (secondary N) is 2. The lowest BCUT2D eigenvalue weighted by Crippen LogP contribution is -2.50. The number of anilines is 1. The van der Waals surface area contributed by atoms with Gasteiger partial charge in [0.1, 0.15) is 0 Å². The number of aromatic nitrogens is 2. The van der Waals surface area contributed by atoms with E-state index in [9.17, 15) is 4.79 Å². The summed E-state index contributed by atoms with van der Waals surface area (Å²) in [6.45, 7) is 3.58. The van der Waals surface area contributed by atoms with Gasteiger partial charge in [0.25, 0.3) is 0 Å². The first-order valence-corrected chi connectivity index (χ1v) is 10.0. The fourth-order valence-corrected chi connectivity index (χ4v) is 3.69. The summed E-state index contributed by atoms with van der Waals surface area (Å²) in [5.41, 5.74) is 0. The molecule has 2 aliphatic rings. The Morgan fingerprint density at radius 2 is 1.85 bits per heavy atom. The molecule has 2 N–H and O–H groups in total. The van der Waals surface area contributed by atoms with Crippen LogP contribution in [0.3, 0.4) is 0 Å². The summed E-state index contributed by atoms with van der Waals surface area (Å²) >= 11 is 0. The van der Waals surface area contributed by atoms with Gasteiger partial charge in [-0.3, -0.25) is 9.79 Å². The molecule has 27 heavy (non-hydrogen) atoms. The lowest BCUT2D eigenvalue weighted by molar-refractivity contribution is -0.131. The summed E-state index contributed by atoms with van der Waals surface area (Å²) in [7, 11) is 1.78. The Kier molecular flexibility index (Phi) is 7.24. The Labute approximate surface area is 161 Å². The molecular weight excluding hydrogens is 342 g/mol. The molecule has 1 aromatic heterocycles. The number of aliphatic imine (C=N–C) groups is 1. The molecule has 1 amide bonds. The summed E-state index contributed by atoms with van der Waals surface area (Å²) in [4.78, 5) is 29.4. The zero-order valence-electron chi connectivity index (χ0n) is 16.2. The molecule has 148 valence electrons. The van der Waals surface area contributed by atoms with E-state index in [0.29, 0.717) is 32.1 Å². The number of amides is 1. The third kappa shape index (κ3) is 5.80. The number of carbonyl (C=O) groups excluding carboxylic acids is 1. The highest BCUT2D eigenvalue weighted by atomic mass is 16.2. The van der Waals surface area contributed by atoms with Crippen LogP contribution in [0.2, 0.25) is 0 Å². The molecule has 2 heterocycles. The first-order valence-electron chi connectivity index (χ1n) is 10.0. The fraction of sp³-hybridized carbons (Fsp3) is 0.684. The Bertz CT molecular complexity index is 608. The summed E-state index contributed by atoms with van der Waals surface area (Å²) in [6.07, 6.45) is 10.3. The molecule has 2 fully saturated rings. The normalized spacial score (nSPS) is 19.1. The second-order valence-corrected chi connectivity index (χ2v) is 7.14. The molecule has 1 saturated heterocycles. The van der Waals surface area contributed by atoms with Crippen molar-refractivity contribution in [3.05, 3.63) is 18.5 Å². The zero-order valence-corrected chi connectivity index (χ0v) is 16.2. The smallest absolute Gasteiger partial charge is 0.225 e. The Balaban J connectivity index is 1.35. The van der Waals surface area contributed by atoms with Crippen molar-refractivity contribution in [3.63, 3.8) is 0 Å². The summed E-state index contributed by atoms with van der Waals surface area (Å²) in [6, 6.07) is 2.32. The largest absolute Gasteiger partial charge is 0.356 e. The van der Waals surface area contributed by atoms with Gasteiger partial charge in [-0.1, -0.05) is 19.3 Å². The second-order valence-electron chi connectivity index (χ2n) is 7.14. The van der Waals surface area contributed by atoms with Crippen LogP contribution < -0.4 is 15.5 Å². The molecule has 1 aliphatic heterocycles. The van der Waals surface area contributed by atoms with E-state index < -0.39 is 0 Å². The van der Waals surface area contributed by atoms with Crippen molar-refractivity contribution < 1.29 is 4.79 Å². The van der Waals surface area contributed by atoms with E-state index in [1.807, 2.05) is 11.0 Å². The molecule has 8 heteroatoms. The van der Waals surface area contributed by atoms with Crippen LogP contribution in [-0.2, 0) is 4.79 Å². The third-order valence-electron chi connectivity index (χ3n) is 5.27. The average Bonchev–Trinajstić information content (AvgIpc) is 2.74. The van der Waals surface area contributed by atoms with Gasteiger partial charge < -0.3 is 20.4 Å². The van der Waals surface area contributed by atoms with Gasteiger partial charge in [-0.05, 0) is 18.9 Å². The highest BCUT2D eigenvalue weighted by Crippen LogP contribution is 2.17. The number of carbonyl (C=O) groups is 1. The SMILES string of the molecule is CN=C(NCCC(=O)N1CCN(c2ncccn2)CC1)NC1CCCCC1. The molecule has 1 aliphatic carbocycles. The van der Waals surface area contributed by atoms with Gasteiger partial charge in [0.05, 0.1) is 0 Å². The van der Waals surface area contributed by atoms with Gasteiger partial charge in [0.15, 0.2) is 5.96 Å². The van der Waals surface area contributed by atoms with Crippen LogP contribution in [0, 0.1) is 0 Å². The third-order valence-corrected chi connectivity index (χ3v) is 5.27. The van der Waals surface area contributed by atoms with E-state index in [1.54, 1.807) is 19.4 Å². The quantitative estimate of drug-likeness (QED) is 0.592. The number of hydrogen-bond acceptors (Lipinski definition) is 5. The minimum absolute atomic E-state index is 0.184. The number of hydrogen-bond donors (Lipinski definition) is 2. The average molecular weight is 374 g/mol. The summed E-state index contributed by atoms with van der Waals surface area (Å²) < 4.78 is 0. The number of nitrogens with zero attached hydrogens (tertiary/aromatic N) is 5. The van der Waals surface area contributed by atoms with Crippen LogP contribution >= 0.6 is 0 Å². The zero-order chi connectivity index (χ0) is 18.9. The van der Waals surface area contributed by atoms with Gasteiger partial charge in [0, 0.05) is 64.6 Å². The molecule has 0 unspecified atom stereocenters. The highest BCUT2D eigenvalue weighted by molar-refractivity contribution is 5.81. The van der Waals surface area contributed by atoms with E-state index in [0.717, 1.165) is 25.0 Å². The van der Waals surface area contributed by atoms with Gasteiger partial charge in [-0.2, -0.15) is 0 Å². The van der Waals surface area contributed by atoms with Gasteiger partial charge in [-0.15, -0.1) is 0 Å². The second kappa shape index (κ2) is 10.1. The van der Waals surface area contributed by atoms with Crippen molar-refractivity contribution in [1.29, 1.82) is 0 Å². The predicted molar refractivity (Wildman–Crippen MR) is 107 cm³/mol. The molecule has 0 aromatic carbocycles. The lowest BCUT2D eigenvalue weighted by atomic mass is 9.96. The monoisotopic (exact) mass is 373 g/mol. The Morgan fingerprint density at radius 3 is 2.52 bits per heavy atom. The van der Waals surface area contributed by atoms with Crippen molar-refractivity contribution in [2.75, 3.05) is 44.7 Å². The number of rotatable bonds is 5. The minimum atomic E-state index is 0.184. The van der Waals surface area contributed by atoms with Crippen molar-refractivity contribution in [1.82, 2.24) is 25.5 Å². The maximum atomic E-state index is 12.5. The topological polar surface area (TPSA) is 85.8 Å².